The fourth-order valence-electron chi connectivity index (χ4n) is 0.942. The summed E-state index contributed by atoms with van der Waals surface area (Å²) in [7, 11) is 0. The Bertz CT molecular complexity index is 437. The van der Waals surface area contributed by atoms with E-state index in [9.17, 15) is 4.79 Å². The summed E-state index contributed by atoms with van der Waals surface area (Å²) < 4.78 is 0. The van der Waals surface area contributed by atoms with Crippen LogP contribution in [0.1, 0.15) is 10.5 Å². The Kier molecular flexibility index (Phi) is 1.55. The van der Waals surface area contributed by atoms with Crippen LogP contribution < -0.4 is 0 Å². The molecule has 0 saturated carbocycles. The number of aromatic nitrogens is 3. The van der Waals surface area contributed by atoms with Crippen molar-refractivity contribution in [1.29, 1.82) is 0 Å². The molecule has 12 heavy (non-hydrogen) atoms. The molecule has 0 aromatic carbocycles. The molecule has 0 bridgehead atoms. The zero-order chi connectivity index (χ0) is 8.55. The first-order valence-corrected chi connectivity index (χ1v) is 3.64. The van der Waals surface area contributed by atoms with Crippen molar-refractivity contribution >= 4 is 27.9 Å². The van der Waals surface area contributed by atoms with Gasteiger partial charge in [-0.2, -0.15) is 0 Å². The Hall–Kier alpha value is -1.42. The maximum Gasteiger partial charge on any atom is 0.270 e. The first-order valence-electron chi connectivity index (χ1n) is 3.26. The standard InChI is InChI=1S/C7H4ClN3O/c8-7(12)5-1-4-6(2-9-5)11-3-10-4/h1-3H,(H,10,11). The van der Waals surface area contributed by atoms with Gasteiger partial charge in [-0.05, 0) is 17.7 Å². The monoisotopic (exact) mass is 181 g/mol. The van der Waals surface area contributed by atoms with Crippen LogP contribution in [0.15, 0.2) is 18.6 Å². The predicted molar refractivity (Wildman–Crippen MR) is 44.1 cm³/mol. The summed E-state index contributed by atoms with van der Waals surface area (Å²) >= 11 is 5.23. The normalized spacial score (nSPS) is 10.4. The third-order valence-corrected chi connectivity index (χ3v) is 1.70. The fraction of sp³-hybridized carbons (Fsp3) is 0. The van der Waals surface area contributed by atoms with Crippen LogP contribution in [0.4, 0.5) is 0 Å². The van der Waals surface area contributed by atoms with Crippen LogP contribution in [0.5, 0.6) is 0 Å². The van der Waals surface area contributed by atoms with Gasteiger partial charge in [0.2, 0.25) is 0 Å². The number of nitrogens with zero attached hydrogens (tertiary/aromatic N) is 2. The minimum Gasteiger partial charge on any atom is -0.343 e. The van der Waals surface area contributed by atoms with Crippen molar-refractivity contribution < 1.29 is 4.79 Å². The van der Waals surface area contributed by atoms with Gasteiger partial charge in [0.25, 0.3) is 5.24 Å². The predicted octanol–water partition coefficient (Wildman–Crippen LogP) is 1.34. The minimum absolute atomic E-state index is 0.219. The molecular formula is C7H4ClN3O. The number of nitrogens with one attached hydrogen (secondary N) is 1. The van der Waals surface area contributed by atoms with Crippen LogP contribution in [-0.4, -0.2) is 20.2 Å². The quantitative estimate of drug-likeness (QED) is 0.676. The van der Waals surface area contributed by atoms with Crippen LogP contribution in [0, 0.1) is 0 Å². The molecule has 0 aliphatic carbocycles. The van der Waals surface area contributed by atoms with Gasteiger partial charge in [0.05, 0.1) is 23.6 Å². The first kappa shape index (κ1) is 7.24. The van der Waals surface area contributed by atoms with Gasteiger partial charge < -0.3 is 4.98 Å². The largest absolute Gasteiger partial charge is 0.343 e. The molecule has 4 nitrogen and oxygen atoms in total. The highest BCUT2D eigenvalue weighted by Gasteiger charge is 2.04. The molecule has 2 heterocycles. The summed E-state index contributed by atoms with van der Waals surface area (Å²) in [5.74, 6) is 0. The summed E-state index contributed by atoms with van der Waals surface area (Å²) in [6.07, 6.45) is 3.06. The molecule has 60 valence electrons. The number of fused-ring (bicyclic) bond motifs is 1. The summed E-state index contributed by atoms with van der Waals surface area (Å²) in [6, 6.07) is 1.54. The Labute approximate surface area is 72.6 Å². The van der Waals surface area contributed by atoms with Gasteiger partial charge in [-0.1, -0.05) is 0 Å². The highest BCUT2D eigenvalue weighted by molar-refractivity contribution is 6.67. The fourth-order valence-corrected chi connectivity index (χ4v) is 1.04. The molecule has 0 amide bonds. The van der Waals surface area contributed by atoms with Crippen molar-refractivity contribution in [1.82, 2.24) is 15.0 Å². The number of aromatic amines is 1. The molecule has 2 aromatic rings. The third kappa shape index (κ3) is 1.06. The molecule has 2 aromatic heterocycles. The molecule has 0 spiro atoms. The topological polar surface area (TPSA) is 58.6 Å². The molecule has 5 heteroatoms. The zero-order valence-electron chi connectivity index (χ0n) is 5.91. The van der Waals surface area contributed by atoms with Crippen LogP contribution in [0.2, 0.25) is 0 Å². The lowest BCUT2D eigenvalue weighted by atomic mass is 10.3. The Balaban J connectivity index is 2.68. The van der Waals surface area contributed by atoms with E-state index in [-0.39, 0.29) is 5.69 Å². The van der Waals surface area contributed by atoms with Crippen molar-refractivity contribution in [2.45, 2.75) is 0 Å². The van der Waals surface area contributed by atoms with E-state index < -0.39 is 5.24 Å². The SMILES string of the molecule is O=C(Cl)c1cc2nc[nH]c2cn1. The maximum atomic E-state index is 10.7. The van der Waals surface area contributed by atoms with E-state index >= 15 is 0 Å². The summed E-state index contributed by atoms with van der Waals surface area (Å²) in [4.78, 5) is 21.3. The van der Waals surface area contributed by atoms with Gasteiger partial charge in [-0.25, -0.2) is 9.97 Å². The number of hydrogen-bond donors (Lipinski definition) is 1. The lowest BCUT2D eigenvalue weighted by Gasteiger charge is -1.90. The molecule has 0 saturated heterocycles. The number of carbonyl (C=O) groups is 1. The number of H-pyrrole nitrogens is 1. The molecule has 2 rings (SSSR count). The molecule has 0 aliphatic rings. The zero-order valence-corrected chi connectivity index (χ0v) is 6.67. The molecule has 0 fully saturated rings. The first-order chi connectivity index (χ1) is 5.77. The average molecular weight is 182 g/mol. The number of halogens is 1. The smallest absolute Gasteiger partial charge is 0.270 e. The van der Waals surface area contributed by atoms with Gasteiger partial charge >= 0.3 is 0 Å². The molecule has 1 N–H and O–H groups in total. The van der Waals surface area contributed by atoms with Gasteiger partial charge in [0.15, 0.2) is 0 Å². The molecule has 0 atom stereocenters. The number of rotatable bonds is 1. The molecule has 0 aliphatic heterocycles. The lowest BCUT2D eigenvalue weighted by molar-refractivity contribution is 0.107. The Morgan fingerprint density at radius 2 is 2.33 bits per heavy atom. The van der Waals surface area contributed by atoms with Crippen molar-refractivity contribution in [3.63, 3.8) is 0 Å². The highest BCUT2D eigenvalue weighted by atomic mass is 35.5. The Morgan fingerprint density at radius 3 is 3.08 bits per heavy atom. The van der Waals surface area contributed by atoms with E-state index in [1.165, 1.54) is 12.5 Å². The van der Waals surface area contributed by atoms with Crippen LogP contribution in [0.25, 0.3) is 11.0 Å². The number of pyridine rings is 1. The van der Waals surface area contributed by atoms with E-state index in [0.29, 0.717) is 5.52 Å². The summed E-state index contributed by atoms with van der Waals surface area (Å²) in [5, 5.41) is -0.570. The highest BCUT2D eigenvalue weighted by Crippen LogP contribution is 2.09. The van der Waals surface area contributed by atoms with E-state index in [1.54, 1.807) is 6.07 Å². The van der Waals surface area contributed by atoms with Crippen molar-refractivity contribution in [2.24, 2.45) is 0 Å². The molecule has 0 unspecified atom stereocenters. The van der Waals surface area contributed by atoms with Gasteiger partial charge in [-0.15, -0.1) is 0 Å². The number of carbonyl (C=O) groups excluding carboxylic acids is 1. The van der Waals surface area contributed by atoms with Gasteiger partial charge in [0.1, 0.15) is 5.69 Å². The second kappa shape index (κ2) is 2.57. The van der Waals surface area contributed by atoms with E-state index in [2.05, 4.69) is 15.0 Å². The second-order valence-corrected chi connectivity index (χ2v) is 2.61. The minimum atomic E-state index is -0.570. The molecular weight excluding hydrogens is 178 g/mol. The van der Waals surface area contributed by atoms with Gasteiger partial charge in [-0.3, -0.25) is 4.79 Å². The van der Waals surface area contributed by atoms with Crippen LogP contribution in [-0.2, 0) is 0 Å². The number of imidazole rings is 1. The van der Waals surface area contributed by atoms with Crippen molar-refractivity contribution in [2.75, 3.05) is 0 Å². The lowest BCUT2D eigenvalue weighted by Crippen LogP contribution is -1.92. The van der Waals surface area contributed by atoms with Crippen molar-refractivity contribution in [3.05, 3.63) is 24.3 Å². The second-order valence-electron chi connectivity index (χ2n) is 2.26. The van der Waals surface area contributed by atoms with Crippen LogP contribution >= 0.6 is 11.6 Å². The van der Waals surface area contributed by atoms with E-state index in [0.717, 1.165) is 5.52 Å². The van der Waals surface area contributed by atoms with Crippen molar-refractivity contribution in [3.8, 4) is 0 Å². The van der Waals surface area contributed by atoms with E-state index in [4.69, 9.17) is 11.6 Å². The average Bonchev–Trinajstić information content (AvgIpc) is 2.49. The number of hydrogen-bond acceptors (Lipinski definition) is 3. The third-order valence-electron chi connectivity index (χ3n) is 1.51. The summed E-state index contributed by atoms with van der Waals surface area (Å²) in [5.41, 5.74) is 1.70. The Morgan fingerprint density at radius 1 is 1.50 bits per heavy atom. The van der Waals surface area contributed by atoms with Crippen LogP contribution in [0.3, 0.4) is 0 Å². The molecule has 0 radical (unpaired) electrons. The maximum absolute atomic E-state index is 10.7. The van der Waals surface area contributed by atoms with Gasteiger partial charge in [0, 0.05) is 0 Å². The summed E-state index contributed by atoms with van der Waals surface area (Å²) in [6.45, 7) is 0. The van der Waals surface area contributed by atoms with E-state index in [1.807, 2.05) is 0 Å².